The van der Waals surface area contributed by atoms with Crippen molar-refractivity contribution in [3.63, 3.8) is 0 Å². The molecular formula is C23H24N4O5S2. The Bertz CT molecular complexity index is 1330. The monoisotopic (exact) mass is 500 g/mol. The third-order valence-corrected chi connectivity index (χ3v) is 8.21. The van der Waals surface area contributed by atoms with E-state index in [1.165, 1.54) is 39.9 Å². The van der Waals surface area contributed by atoms with Crippen LogP contribution in [0.25, 0.3) is 11.3 Å². The summed E-state index contributed by atoms with van der Waals surface area (Å²) in [6.07, 6.45) is -0.550. The average Bonchev–Trinajstić information content (AvgIpc) is 3.28. The van der Waals surface area contributed by atoms with E-state index < -0.39 is 22.0 Å². The normalized spacial score (nSPS) is 15.4. The quantitative estimate of drug-likeness (QED) is 0.509. The molecular weight excluding hydrogens is 476 g/mol. The van der Waals surface area contributed by atoms with Crippen molar-refractivity contribution in [2.24, 2.45) is 0 Å². The van der Waals surface area contributed by atoms with E-state index in [0.717, 1.165) is 5.56 Å². The number of rotatable bonds is 7. The zero-order valence-corrected chi connectivity index (χ0v) is 20.5. The highest BCUT2D eigenvalue weighted by Gasteiger charge is 2.24. The van der Waals surface area contributed by atoms with Crippen molar-refractivity contribution in [3.8, 4) is 17.0 Å². The molecule has 2 amide bonds. The van der Waals surface area contributed by atoms with Crippen LogP contribution in [0.3, 0.4) is 0 Å². The lowest BCUT2D eigenvalue weighted by atomic mass is 10.1. The molecule has 178 valence electrons. The third-order valence-electron chi connectivity index (χ3n) is 5.39. The van der Waals surface area contributed by atoms with Gasteiger partial charge in [0.05, 0.1) is 16.3 Å². The summed E-state index contributed by atoms with van der Waals surface area (Å²) in [6.45, 7) is 5.98. The van der Waals surface area contributed by atoms with E-state index in [4.69, 9.17) is 4.74 Å². The highest BCUT2D eigenvalue weighted by atomic mass is 32.2. The maximum Gasteiger partial charge on any atom is 0.265 e. The van der Waals surface area contributed by atoms with Crippen molar-refractivity contribution >= 4 is 44.0 Å². The fourth-order valence-electron chi connectivity index (χ4n) is 3.49. The Balaban J connectivity index is 1.47. The molecule has 0 fully saturated rings. The van der Waals surface area contributed by atoms with E-state index in [0.29, 0.717) is 40.9 Å². The molecule has 0 spiro atoms. The summed E-state index contributed by atoms with van der Waals surface area (Å²) in [4.78, 5) is 29.1. The van der Waals surface area contributed by atoms with Gasteiger partial charge < -0.3 is 10.1 Å². The number of fused-ring (bicyclic) bond motifs is 1. The number of nitrogens with one attached hydrogen (secondary N) is 2. The molecule has 1 aromatic heterocycles. The molecule has 2 aromatic carbocycles. The van der Waals surface area contributed by atoms with Gasteiger partial charge in [-0.25, -0.2) is 13.4 Å². The predicted molar refractivity (Wildman–Crippen MR) is 131 cm³/mol. The van der Waals surface area contributed by atoms with Crippen LogP contribution in [0.2, 0.25) is 0 Å². The number of ether oxygens (including phenoxy) is 1. The highest BCUT2D eigenvalue weighted by Crippen LogP contribution is 2.35. The van der Waals surface area contributed by atoms with Crippen molar-refractivity contribution in [3.05, 3.63) is 53.4 Å². The fourth-order valence-corrected chi connectivity index (χ4v) is 5.66. The highest BCUT2D eigenvalue weighted by molar-refractivity contribution is 7.89. The Hall–Kier alpha value is -3.28. The van der Waals surface area contributed by atoms with Crippen LogP contribution < -0.4 is 15.4 Å². The lowest BCUT2D eigenvalue weighted by Gasteiger charge is -2.23. The van der Waals surface area contributed by atoms with Gasteiger partial charge in [0.2, 0.25) is 10.0 Å². The Kier molecular flexibility index (Phi) is 6.69. The van der Waals surface area contributed by atoms with Gasteiger partial charge in [-0.1, -0.05) is 13.8 Å². The van der Waals surface area contributed by atoms with Crippen LogP contribution in [0, 0.1) is 0 Å². The van der Waals surface area contributed by atoms with Gasteiger partial charge in [-0.05, 0) is 49.4 Å². The summed E-state index contributed by atoms with van der Waals surface area (Å²) >= 11 is 1.26. The van der Waals surface area contributed by atoms with Gasteiger partial charge in [0.25, 0.3) is 11.8 Å². The molecule has 0 aliphatic carbocycles. The number of amides is 2. The third kappa shape index (κ3) is 4.67. The van der Waals surface area contributed by atoms with Crippen LogP contribution in [0.4, 0.5) is 10.8 Å². The molecule has 0 radical (unpaired) electrons. The molecule has 34 heavy (non-hydrogen) atoms. The molecule has 9 nitrogen and oxygen atoms in total. The van der Waals surface area contributed by atoms with Gasteiger partial charge in [-0.15, -0.1) is 11.3 Å². The number of hydrogen-bond acceptors (Lipinski definition) is 7. The summed E-state index contributed by atoms with van der Waals surface area (Å²) in [5.41, 5.74) is 2.29. The Morgan fingerprint density at radius 2 is 1.88 bits per heavy atom. The minimum absolute atomic E-state index is 0.141. The smallest absolute Gasteiger partial charge is 0.265 e. The van der Waals surface area contributed by atoms with E-state index >= 15 is 0 Å². The number of anilines is 2. The number of aromatic nitrogens is 1. The Morgan fingerprint density at radius 1 is 1.18 bits per heavy atom. The van der Waals surface area contributed by atoms with E-state index in [-0.39, 0.29) is 10.8 Å². The lowest BCUT2D eigenvalue weighted by Crippen LogP contribution is -2.34. The van der Waals surface area contributed by atoms with Crippen molar-refractivity contribution in [1.29, 1.82) is 0 Å². The zero-order chi connectivity index (χ0) is 24.5. The molecule has 0 saturated carbocycles. The summed E-state index contributed by atoms with van der Waals surface area (Å²) in [5.74, 6) is -0.0226. The molecule has 1 aliphatic heterocycles. The topological polar surface area (TPSA) is 118 Å². The molecule has 2 N–H and O–H groups in total. The number of sulfonamides is 1. The first kappa shape index (κ1) is 23.9. The molecule has 11 heteroatoms. The first-order chi connectivity index (χ1) is 16.2. The average molecular weight is 501 g/mol. The van der Waals surface area contributed by atoms with E-state index in [2.05, 4.69) is 15.6 Å². The molecule has 1 atom stereocenters. The standard InChI is InChI=1S/C23H24N4O5S2/c1-4-27(5-2)34(30,31)17-9-6-15(7-10-17)22(29)26-23-25-19(13-33-23)16-8-11-20-18(12-16)24-21(28)14(3)32-20/h6-14H,4-5H2,1-3H3,(H,24,28)(H,25,26,29). The van der Waals surface area contributed by atoms with Crippen molar-refractivity contribution < 1.29 is 22.7 Å². The van der Waals surface area contributed by atoms with Gasteiger partial charge in [-0.2, -0.15) is 4.31 Å². The van der Waals surface area contributed by atoms with E-state index in [1.807, 2.05) is 6.07 Å². The molecule has 3 aromatic rings. The number of carbonyl (C=O) groups is 2. The first-order valence-electron chi connectivity index (χ1n) is 10.7. The summed E-state index contributed by atoms with van der Waals surface area (Å²) < 4.78 is 32.2. The maximum atomic E-state index is 12.7. The van der Waals surface area contributed by atoms with Crippen molar-refractivity contribution in [1.82, 2.24) is 9.29 Å². The van der Waals surface area contributed by atoms with Crippen molar-refractivity contribution in [2.45, 2.75) is 31.8 Å². The lowest BCUT2D eigenvalue weighted by molar-refractivity contribution is -0.122. The van der Waals surface area contributed by atoms with Crippen LogP contribution in [-0.4, -0.2) is 48.7 Å². The van der Waals surface area contributed by atoms with Crippen LogP contribution in [-0.2, 0) is 14.8 Å². The summed E-state index contributed by atoms with van der Waals surface area (Å²) in [5, 5.41) is 7.74. The molecule has 0 saturated heterocycles. The molecule has 4 rings (SSSR count). The van der Waals surface area contributed by atoms with Crippen LogP contribution in [0.1, 0.15) is 31.1 Å². The largest absolute Gasteiger partial charge is 0.479 e. The first-order valence-corrected chi connectivity index (χ1v) is 13.0. The number of thiazole rings is 1. The summed E-state index contributed by atoms with van der Waals surface area (Å²) in [7, 11) is -3.59. The maximum absolute atomic E-state index is 12.7. The molecule has 1 aliphatic rings. The van der Waals surface area contributed by atoms with Gasteiger partial charge in [-0.3, -0.25) is 14.9 Å². The fraction of sp³-hybridized carbons (Fsp3) is 0.261. The second kappa shape index (κ2) is 9.53. The number of benzene rings is 2. The van der Waals surface area contributed by atoms with Gasteiger partial charge >= 0.3 is 0 Å². The Morgan fingerprint density at radius 3 is 2.56 bits per heavy atom. The van der Waals surface area contributed by atoms with Crippen LogP contribution in [0.15, 0.2) is 52.7 Å². The molecule has 0 bridgehead atoms. The van der Waals surface area contributed by atoms with Crippen molar-refractivity contribution in [2.75, 3.05) is 23.7 Å². The number of nitrogens with zero attached hydrogens (tertiary/aromatic N) is 2. The Labute approximate surface area is 201 Å². The van der Waals surface area contributed by atoms with E-state index in [9.17, 15) is 18.0 Å². The number of hydrogen-bond donors (Lipinski definition) is 2. The molecule has 2 heterocycles. The van der Waals surface area contributed by atoms with Gasteiger partial charge in [0.15, 0.2) is 11.2 Å². The van der Waals surface area contributed by atoms with E-state index in [1.54, 1.807) is 38.3 Å². The minimum Gasteiger partial charge on any atom is -0.479 e. The predicted octanol–water partition coefficient (Wildman–Crippen LogP) is 3.81. The zero-order valence-electron chi connectivity index (χ0n) is 18.9. The van der Waals surface area contributed by atoms with Crippen LogP contribution in [0.5, 0.6) is 5.75 Å². The van der Waals surface area contributed by atoms with Gasteiger partial charge in [0, 0.05) is 29.6 Å². The van der Waals surface area contributed by atoms with Gasteiger partial charge in [0.1, 0.15) is 5.75 Å². The van der Waals surface area contributed by atoms with Crippen LogP contribution >= 0.6 is 11.3 Å². The number of carbonyl (C=O) groups excluding carboxylic acids is 2. The molecule has 1 unspecified atom stereocenters. The second-order valence-electron chi connectivity index (χ2n) is 7.57. The summed E-state index contributed by atoms with van der Waals surface area (Å²) in [6, 6.07) is 11.2. The minimum atomic E-state index is -3.59. The second-order valence-corrected chi connectivity index (χ2v) is 10.4. The SMILES string of the molecule is CCN(CC)S(=O)(=O)c1ccc(C(=O)Nc2nc(-c3ccc4c(c3)NC(=O)C(C)O4)cs2)cc1.